The fraction of sp³-hybridized carbons (Fsp3) is 0.540. The molecular weight excluding hydrogens is 1250 g/mol. The van der Waals surface area contributed by atoms with Crippen LogP contribution in [0, 0.1) is 0 Å². The summed E-state index contributed by atoms with van der Waals surface area (Å²) in [5, 5.41) is 7.29. The van der Waals surface area contributed by atoms with Crippen molar-refractivity contribution < 1.29 is 67.4 Å². The second-order valence-electron chi connectivity index (χ2n) is 23.3. The number of halogens is 2. The number of rotatable bonds is 16. The van der Waals surface area contributed by atoms with Crippen LogP contribution in [-0.2, 0) is 37.4 Å². The molecular formula is C63H101BrIMgN3O10Si2. The summed E-state index contributed by atoms with van der Waals surface area (Å²) in [5.74, 6) is -0.119. The molecule has 2 heterocycles. The molecule has 3 amide bonds. The van der Waals surface area contributed by atoms with E-state index in [9.17, 15) is 19.2 Å². The van der Waals surface area contributed by atoms with E-state index in [1.165, 1.54) is 56.3 Å². The van der Waals surface area contributed by atoms with Crippen molar-refractivity contribution in [3.05, 3.63) is 121 Å². The Labute approximate surface area is 524 Å². The molecule has 0 spiro atoms. The monoisotopic (exact) mass is 1350 g/mol. The second-order valence-corrected chi connectivity index (χ2v) is 36.4. The maximum Gasteiger partial charge on any atom is 2.00 e. The van der Waals surface area contributed by atoms with Crippen LogP contribution in [0.4, 0.5) is 9.59 Å². The molecule has 6 rings (SSSR count). The van der Waals surface area contributed by atoms with Gasteiger partial charge in [0.15, 0.2) is 0 Å². The van der Waals surface area contributed by atoms with E-state index in [1.54, 1.807) is 27.7 Å². The second kappa shape index (κ2) is 39.3. The molecule has 2 atom stereocenters. The molecule has 4 N–H and O–H groups in total. The molecule has 2 aliphatic rings. The molecule has 0 aromatic heterocycles. The first-order valence-electron chi connectivity index (χ1n) is 27.4. The van der Waals surface area contributed by atoms with Crippen molar-refractivity contribution in [2.24, 2.45) is 0 Å². The molecule has 18 heteroatoms. The van der Waals surface area contributed by atoms with Crippen LogP contribution in [0.15, 0.2) is 121 Å². The number of amides is 3. The first-order chi connectivity index (χ1) is 36.6. The molecule has 0 saturated carbocycles. The third-order valence-corrected chi connectivity index (χ3v) is 25.9. The number of nitrogens with zero attached hydrogens (tertiary/aromatic N) is 1. The molecule has 0 bridgehead atoms. The van der Waals surface area contributed by atoms with Crippen LogP contribution in [0.1, 0.15) is 158 Å². The van der Waals surface area contributed by atoms with Crippen LogP contribution in [0.2, 0.25) is 10.1 Å². The molecule has 0 radical (unpaired) electrons. The number of carbonyl (C=O) groups excluding carboxylic acids is 5. The Hall–Kier alpha value is -3.32. The van der Waals surface area contributed by atoms with Gasteiger partial charge in [-0.25, -0.2) is 14.5 Å². The Morgan fingerprint density at radius 3 is 1.41 bits per heavy atom. The number of hydrogen-bond acceptors (Lipinski definition) is 11. The van der Waals surface area contributed by atoms with Crippen molar-refractivity contribution in [2.45, 2.75) is 190 Å². The number of benzene rings is 4. The molecule has 4 aromatic carbocycles. The van der Waals surface area contributed by atoms with Gasteiger partial charge in [-0.05, 0) is 112 Å². The number of ketones is 1. The average molecular weight is 1350 g/mol. The Morgan fingerprint density at radius 1 is 0.728 bits per heavy atom. The number of likely N-dealkylation sites (tertiary alicyclic amines) is 1. The predicted molar refractivity (Wildman–Crippen MR) is 341 cm³/mol. The minimum absolute atomic E-state index is 0. The summed E-state index contributed by atoms with van der Waals surface area (Å²) in [5.41, 5.74) is -1.27. The van der Waals surface area contributed by atoms with Crippen LogP contribution in [0.5, 0.6) is 0 Å². The largest absolute Gasteiger partial charge is 2.00 e. The molecule has 0 unspecified atom stereocenters. The quantitative estimate of drug-likeness (QED) is 0.0472. The molecule has 452 valence electrons. The number of imide groups is 1. The fourth-order valence-corrected chi connectivity index (χ4v) is 20.7. The Morgan fingerprint density at radius 2 is 1.11 bits per heavy atom. The van der Waals surface area contributed by atoms with Crippen molar-refractivity contribution in [1.82, 2.24) is 16.4 Å². The third-order valence-electron chi connectivity index (χ3n) is 12.4. The van der Waals surface area contributed by atoms with E-state index in [4.69, 9.17) is 27.9 Å². The summed E-state index contributed by atoms with van der Waals surface area (Å²) in [6.45, 7) is 32.0. The molecule has 4 aromatic rings. The minimum Gasteiger partial charge on any atom is -1.00 e. The number of hydrogen-bond donors (Lipinski definition) is 2. The Balaban J connectivity index is -0.00000120. The van der Waals surface area contributed by atoms with Gasteiger partial charge in [-0.1, -0.05) is 170 Å². The van der Waals surface area contributed by atoms with Crippen molar-refractivity contribution in [3.63, 3.8) is 0 Å². The van der Waals surface area contributed by atoms with E-state index in [1.807, 2.05) is 93.6 Å². The standard InChI is InChI=1S/C27H39NO4Si.C26H35NO4Si.C4H8O.C3H7BrI.C2H4O.CH4.Mg.H3N.H/c1-21(29)18-19-22(28-25(30)32-26(2,3)4)20-31-33(27(5,6)7,23-14-10-8-11-15-23)24-16-12-9-13-17-24;1-25(2,3)31-24(29)27-20(17-18-23(27)28)19-30-32(26(4,5)6,21-13-9-7-10-14-21)22-15-11-8-12-16-22;1-2-4-5-3-1;1-2-3-5-4;1-2-3;;;;/h8-17,22H,18-20H2,1-7H3,(H,28,30);7-16,20H,17-19H2,1-6H3;1-4H2;2-3H2,1H3;2H,1H3;1H4;;1H3;/q;;;-1;;;+2;;-1/t22-;20-;;;;;;;/m00......./s1. The molecule has 81 heavy (non-hydrogen) atoms. The average Bonchev–Trinajstić information content (AvgIpc) is 4.08. The Bertz CT molecular complexity index is 2290. The van der Waals surface area contributed by atoms with Gasteiger partial charge in [0.25, 0.3) is 16.6 Å². The van der Waals surface area contributed by atoms with Gasteiger partial charge in [-0.3, -0.25) is 4.79 Å². The van der Waals surface area contributed by atoms with Gasteiger partial charge < -0.3 is 45.5 Å². The van der Waals surface area contributed by atoms with Gasteiger partial charge in [0.05, 0.1) is 25.3 Å². The summed E-state index contributed by atoms with van der Waals surface area (Å²) >= 11 is 3.84. The summed E-state index contributed by atoms with van der Waals surface area (Å²) in [7, 11) is -5.48. The van der Waals surface area contributed by atoms with E-state index in [0.29, 0.717) is 51.3 Å². The van der Waals surface area contributed by atoms with Gasteiger partial charge in [0, 0.05) is 26.1 Å². The number of alkyl halides is 1. The van der Waals surface area contributed by atoms with Crippen molar-refractivity contribution in [2.75, 3.05) is 30.9 Å². The van der Waals surface area contributed by atoms with E-state index in [0.717, 1.165) is 19.5 Å². The number of alkyl carbamates (subject to hydrolysis) is 1. The van der Waals surface area contributed by atoms with Gasteiger partial charge in [0.1, 0.15) is 23.3 Å². The summed E-state index contributed by atoms with van der Waals surface area (Å²) in [4.78, 5) is 59.6. The topological polar surface area (TPSA) is 182 Å². The maximum atomic E-state index is 12.8. The van der Waals surface area contributed by atoms with Crippen LogP contribution in [0.3, 0.4) is 0 Å². The van der Waals surface area contributed by atoms with Gasteiger partial charge in [-0.15, -0.1) is 0 Å². The zero-order chi connectivity index (χ0) is 58.6. The van der Waals surface area contributed by atoms with E-state index in [2.05, 4.69) is 115 Å². The SMILES string of the molecule is C.C1CCOC1.CC(=O)CC[C@@H](CO[Si](c1ccccc1)(c1ccccc1)C(C)(C)C)NC(=O)OC(C)(C)C.CC(C)(C)OC(=O)N1C(=O)CC[C@H]1CO[Si](c1ccccc1)(c1ccccc1)C(C)(C)C.CC=O.CCC[I-]Br.N.[H-].[Mg+2]. The van der Waals surface area contributed by atoms with E-state index >= 15 is 0 Å². The number of ether oxygens (including phenoxy) is 3. The normalized spacial score (nSPS) is 14.5. The number of carbonyl (C=O) groups is 5. The maximum absolute atomic E-state index is 12.8. The molecule has 0 aliphatic carbocycles. The van der Waals surface area contributed by atoms with Gasteiger partial charge in [0.2, 0.25) is 5.91 Å². The number of aldehydes is 1. The van der Waals surface area contributed by atoms with Gasteiger partial charge >= 0.3 is 84.7 Å². The van der Waals surface area contributed by atoms with Crippen molar-refractivity contribution >= 4 is 103 Å². The predicted octanol–water partition coefficient (Wildman–Crippen LogP) is 9.64. The molecule has 13 nitrogen and oxygen atoms in total. The Kier molecular flexibility index (Phi) is 38.7. The first-order valence-corrected chi connectivity index (χ1v) is 37.5. The third kappa shape index (κ3) is 27.1. The van der Waals surface area contributed by atoms with Crippen molar-refractivity contribution in [1.29, 1.82) is 0 Å². The van der Waals surface area contributed by atoms with Crippen LogP contribution in [-0.4, -0.2) is 129 Å². The van der Waals surface area contributed by atoms with Gasteiger partial charge in [-0.2, -0.15) is 0 Å². The van der Waals surface area contributed by atoms with Crippen molar-refractivity contribution in [3.8, 4) is 0 Å². The van der Waals surface area contributed by atoms with E-state index < -0.39 is 40.0 Å². The number of nitrogens with one attached hydrogen (secondary N) is 1. The first kappa shape index (κ1) is 79.7. The zero-order valence-electron chi connectivity index (χ0n) is 52.0. The summed E-state index contributed by atoms with van der Waals surface area (Å²) < 4.78 is 31.2. The summed E-state index contributed by atoms with van der Waals surface area (Å²) in [6.07, 6.45) is 5.33. The fourth-order valence-electron chi connectivity index (χ4n) is 9.06. The number of Topliss-reactive ketones (excluding diaryl/α,β-unsaturated/α-hetero) is 1. The summed E-state index contributed by atoms with van der Waals surface area (Å²) in [6, 6.07) is 40.8. The minimum atomic E-state index is -2.74. The molecule has 2 saturated heterocycles. The van der Waals surface area contributed by atoms with Crippen LogP contribution < -0.4 is 51.2 Å². The molecule has 2 fully saturated rings. The smallest absolute Gasteiger partial charge is 1.00 e. The van der Waals surface area contributed by atoms with Crippen LogP contribution in [0.25, 0.3) is 0 Å². The molecule has 2 aliphatic heterocycles. The van der Waals surface area contributed by atoms with Crippen LogP contribution >= 0.6 is 12.7 Å². The zero-order valence-corrected chi connectivity index (χ0v) is 58.1. The van der Waals surface area contributed by atoms with E-state index in [-0.39, 0.29) is 78.5 Å².